The molecular weight excluding hydrogens is 400 g/mol. The van der Waals surface area contributed by atoms with Crippen molar-refractivity contribution in [2.75, 3.05) is 6.54 Å². The lowest BCUT2D eigenvalue weighted by molar-refractivity contribution is -0.384. The maximum atomic E-state index is 10.8. The summed E-state index contributed by atoms with van der Waals surface area (Å²) in [7, 11) is 0. The summed E-state index contributed by atoms with van der Waals surface area (Å²) in [5.41, 5.74) is 3.31. The molecule has 4 aromatic rings. The zero-order valence-corrected chi connectivity index (χ0v) is 16.8. The monoisotopic (exact) mass is 418 g/mol. The number of nitro groups is 1. The zero-order chi connectivity index (χ0) is 20.5. The summed E-state index contributed by atoms with van der Waals surface area (Å²) in [6.45, 7) is 1.44. The van der Waals surface area contributed by atoms with Crippen LogP contribution in [0.2, 0.25) is 0 Å². The fourth-order valence-electron chi connectivity index (χ4n) is 3.91. The van der Waals surface area contributed by atoms with Crippen molar-refractivity contribution in [3.8, 4) is 11.4 Å². The van der Waals surface area contributed by atoms with Crippen molar-refractivity contribution in [1.82, 2.24) is 15.0 Å². The predicted octanol–water partition coefficient (Wildman–Crippen LogP) is 4.85. The van der Waals surface area contributed by atoms with Gasteiger partial charge in [0.1, 0.15) is 0 Å². The minimum absolute atomic E-state index is 0.0352. The highest BCUT2D eigenvalue weighted by atomic mass is 32.1. The number of nitrogens with zero attached hydrogens (tertiary/aromatic N) is 4. The van der Waals surface area contributed by atoms with Gasteiger partial charge in [0.25, 0.3) is 5.69 Å². The van der Waals surface area contributed by atoms with Crippen molar-refractivity contribution in [3.63, 3.8) is 0 Å². The Morgan fingerprint density at radius 3 is 2.70 bits per heavy atom. The minimum atomic E-state index is -0.426. The van der Waals surface area contributed by atoms with E-state index in [2.05, 4.69) is 50.8 Å². The molecule has 0 amide bonds. The Balaban J connectivity index is 1.41. The first-order valence-electron chi connectivity index (χ1n) is 9.62. The summed E-state index contributed by atoms with van der Waals surface area (Å²) >= 11 is 1.81. The van der Waals surface area contributed by atoms with Gasteiger partial charge in [-0.15, -0.1) is 11.3 Å². The molecule has 0 aliphatic carbocycles. The van der Waals surface area contributed by atoms with Crippen molar-refractivity contribution < 1.29 is 9.45 Å². The van der Waals surface area contributed by atoms with Gasteiger partial charge in [0, 0.05) is 29.1 Å². The molecule has 1 aliphatic rings. The van der Waals surface area contributed by atoms with E-state index in [0.29, 0.717) is 23.8 Å². The first-order chi connectivity index (χ1) is 14.7. The molecule has 30 heavy (non-hydrogen) atoms. The molecule has 0 radical (unpaired) electrons. The molecular formula is C22H18N4O3S. The smallest absolute Gasteiger partial charge is 0.269 e. The van der Waals surface area contributed by atoms with Crippen molar-refractivity contribution >= 4 is 17.0 Å². The lowest BCUT2D eigenvalue weighted by Gasteiger charge is -2.35. The molecule has 7 nitrogen and oxygen atoms in total. The third-order valence-corrected chi connectivity index (χ3v) is 6.32. The van der Waals surface area contributed by atoms with E-state index < -0.39 is 4.92 Å². The molecule has 150 valence electrons. The number of rotatable bonds is 5. The van der Waals surface area contributed by atoms with Crippen LogP contribution in [0.4, 0.5) is 5.69 Å². The van der Waals surface area contributed by atoms with Crippen molar-refractivity contribution in [1.29, 1.82) is 0 Å². The molecule has 1 unspecified atom stereocenters. The van der Waals surface area contributed by atoms with Crippen LogP contribution in [0.5, 0.6) is 0 Å². The highest BCUT2D eigenvalue weighted by Crippen LogP contribution is 2.38. The van der Waals surface area contributed by atoms with Crippen molar-refractivity contribution in [2.24, 2.45) is 0 Å². The molecule has 0 fully saturated rings. The van der Waals surface area contributed by atoms with Crippen LogP contribution < -0.4 is 0 Å². The quantitative estimate of drug-likeness (QED) is 0.340. The number of nitro benzene ring substituents is 1. The highest BCUT2D eigenvalue weighted by molar-refractivity contribution is 7.10. The van der Waals surface area contributed by atoms with Crippen molar-refractivity contribution in [3.05, 3.63) is 98.1 Å². The Kier molecular flexibility index (Phi) is 4.86. The summed E-state index contributed by atoms with van der Waals surface area (Å²) in [6, 6.07) is 19.0. The van der Waals surface area contributed by atoms with Gasteiger partial charge in [-0.2, -0.15) is 4.98 Å². The summed E-state index contributed by atoms with van der Waals surface area (Å²) in [6.07, 6.45) is 1.000. The van der Waals surface area contributed by atoms with Gasteiger partial charge in [-0.3, -0.25) is 15.0 Å². The average Bonchev–Trinajstić information content (AvgIpc) is 3.44. The highest BCUT2D eigenvalue weighted by Gasteiger charge is 2.30. The SMILES string of the molecule is O=[N+]([O-])c1ccc(-c2noc(CN3CCc4sccc4C3c3ccccc3)n2)cc1. The van der Waals surface area contributed by atoms with E-state index in [1.165, 1.54) is 28.1 Å². The van der Waals surface area contributed by atoms with Crippen LogP contribution in [-0.4, -0.2) is 26.5 Å². The fraction of sp³-hybridized carbons (Fsp3) is 0.182. The largest absolute Gasteiger partial charge is 0.338 e. The molecule has 8 heteroatoms. The van der Waals surface area contributed by atoms with Gasteiger partial charge in [0.15, 0.2) is 0 Å². The molecule has 5 rings (SSSR count). The topological polar surface area (TPSA) is 85.3 Å². The first kappa shape index (κ1) is 18.7. The lowest BCUT2D eigenvalue weighted by atomic mass is 9.93. The van der Waals surface area contributed by atoms with E-state index in [4.69, 9.17) is 4.52 Å². The molecule has 0 N–H and O–H groups in total. The third-order valence-electron chi connectivity index (χ3n) is 5.32. The zero-order valence-electron chi connectivity index (χ0n) is 16.0. The maximum absolute atomic E-state index is 10.8. The number of fused-ring (bicyclic) bond motifs is 1. The number of non-ortho nitro benzene ring substituents is 1. The van der Waals surface area contributed by atoms with Crippen LogP contribution in [0.1, 0.15) is 27.9 Å². The van der Waals surface area contributed by atoms with Crippen LogP contribution in [-0.2, 0) is 13.0 Å². The van der Waals surface area contributed by atoms with E-state index in [-0.39, 0.29) is 11.7 Å². The van der Waals surface area contributed by atoms with E-state index in [1.807, 2.05) is 17.4 Å². The van der Waals surface area contributed by atoms with Gasteiger partial charge >= 0.3 is 0 Å². The number of aromatic nitrogens is 2. The summed E-state index contributed by atoms with van der Waals surface area (Å²) < 4.78 is 5.52. The fourth-order valence-corrected chi connectivity index (χ4v) is 4.81. The Bertz CT molecular complexity index is 1170. The van der Waals surface area contributed by atoms with Crippen LogP contribution in [0.15, 0.2) is 70.6 Å². The molecule has 1 aliphatic heterocycles. The van der Waals surface area contributed by atoms with Crippen LogP contribution >= 0.6 is 11.3 Å². The van der Waals surface area contributed by atoms with E-state index >= 15 is 0 Å². The second-order valence-corrected chi connectivity index (χ2v) is 8.15. The van der Waals surface area contributed by atoms with Gasteiger partial charge in [-0.05, 0) is 41.1 Å². The molecule has 0 spiro atoms. The maximum Gasteiger partial charge on any atom is 0.269 e. The molecule has 2 aromatic heterocycles. The van der Waals surface area contributed by atoms with Gasteiger partial charge in [-0.1, -0.05) is 35.5 Å². The predicted molar refractivity (Wildman–Crippen MR) is 113 cm³/mol. The van der Waals surface area contributed by atoms with E-state index in [9.17, 15) is 10.1 Å². The second kappa shape index (κ2) is 7.81. The number of benzene rings is 2. The summed E-state index contributed by atoms with van der Waals surface area (Å²) in [5, 5.41) is 17.1. The molecule has 0 saturated carbocycles. The first-order valence-corrected chi connectivity index (χ1v) is 10.5. The van der Waals surface area contributed by atoms with E-state index in [0.717, 1.165) is 13.0 Å². The molecule has 3 heterocycles. The Morgan fingerprint density at radius 1 is 1.13 bits per heavy atom. The van der Waals surface area contributed by atoms with Gasteiger partial charge in [-0.25, -0.2) is 0 Å². The summed E-state index contributed by atoms with van der Waals surface area (Å²) in [5.74, 6) is 0.965. The van der Waals surface area contributed by atoms with Crippen LogP contribution in [0, 0.1) is 10.1 Å². The lowest BCUT2D eigenvalue weighted by Crippen LogP contribution is -2.35. The summed E-state index contributed by atoms with van der Waals surface area (Å²) in [4.78, 5) is 18.7. The Hall–Kier alpha value is -3.36. The van der Waals surface area contributed by atoms with Gasteiger partial charge < -0.3 is 4.52 Å². The minimum Gasteiger partial charge on any atom is -0.338 e. The third kappa shape index (κ3) is 3.51. The number of hydrogen-bond donors (Lipinski definition) is 0. The normalized spacial score (nSPS) is 16.3. The van der Waals surface area contributed by atoms with Gasteiger partial charge in [0.05, 0.1) is 17.5 Å². The molecule has 0 saturated heterocycles. The van der Waals surface area contributed by atoms with Gasteiger partial charge in [0.2, 0.25) is 11.7 Å². The average molecular weight is 418 g/mol. The van der Waals surface area contributed by atoms with Crippen molar-refractivity contribution in [2.45, 2.75) is 19.0 Å². The van der Waals surface area contributed by atoms with Crippen LogP contribution in [0.25, 0.3) is 11.4 Å². The number of hydrogen-bond acceptors (Lipinski definition) is 7. The number of thiophene rings is 1. The molecule has 2 aromatic carbocycles. The second-order valence-electron chi connectivity index (χ2n) is 7.15. The van der Waals surface area contributed by atoms with E-state index in [1.54, 1.807) is 12.1 Å². The van der Waals surface area contributed by atoms with Crippen LogP contribution in [0.3, 0.4) is 0 Å². The molecule has 0 bridgehead atoms. The standard InChI is InChI=1S/C22H18N4O3S/c27-26(28)17-8-6-16(7-9-17)22-23-20(29-24-22)14-25-12-10-19-18(11-13-30-19)21(25)15-4-2-1-3-5-15/h1-9,11,13,21H,10,12,14H2. The Morgan fingerprint density at radius 2 is 1.93 bits per heavy atom. The molecule has 1 atom stereocenters. The Labute approximate surface area is 176 Å².